The first-order chi connectivity index (χ1) is 11.1. The average molecular weight is 312 g/mol. The van der Waals surface area contributed by atoms with Crippen LogP contribution in [0.4, 0.5) is 0 Å². The fourth-order valence-corrected chi connectivity index (χ4v) is 2.68. The molecule has 0 spiro atoms. The van der Waals surface area contributed by atoms with E-state index >= 15 is 0 Å². The fourth-order valence-electron chi connectivity index (χ4n) is 2.68. The van der Waals surface area contributed by atoms with Gasteiger partial charge in [-0.05, 0) is 45.3 Å². The van der Waals surface area contributed by atoms with Crippen molar-refractivity contribution in [2.45, 2.75) is 13.0 Å². The smallest absolute Gasteiger partial charge is 0.270 e. The van der Waals surface area contributed by atoms with Crippen molar-refractivity contribution in [1.82, 2.24) is 19.6 Å². The molecule has 23 heavy (non-hydrogen) atoms. The Labute approximate surface area is 134 Å². The van der Waals surface area contributed by atoms with E-state index in [4.69, 9.17) is 4.42 Å². The van der Waals surface area contributed by atoms with Crippen LogP contribution in [0.1, 0.15) is 28.0 Å². The van der Waals surface area contributed by atoms with Crippen LogP contribution < -0.4 is 5.32 Å². The third-order valence-electron chi connectivity index (χ3n) is 3.87. The molecule has 120 valence electrons. The quantitative estimate of drug-likeness (QED) is 0.785. The minimum absolute atomic E-state index is 0.0200. The lowest BCUT2D eigenvalue weighted by molar-refractivity contribution is 0.0932. The fraction of sp³-hybridized carbons (Fsp3) is 0.294. The summed E-state index contributed by atoms with van der Waals surface area (Å²) >= 11 is 0. The number of hydrogen-bond donors (Lipinski definition) is 1. The van der Waals surface area contributed by atoms with Gasteiger partial charge in [0.15, 0.2) is 0 Å². The van der Waals surface area contributed by atoms with Gasteiger partial charge >= 0.3 is 0 Å². The number of rotatable bonds is 5. The number of carbonyl (C=O) groups excluding carboxylic acids is 1. The number of aryl methyl sites for hydroxylation is 1. The molecule has 3 aromatic heterocycles. The van der Waals surface area contributed by atoms with Crippen molar-refractivity contribution < 1.29 is 9.21 Å². The van der Waals surface area contributed by atoms with Crippen LogP contribution in [-0.4, -0.2) is 40.8 Å². The number of pyridine rings is 1. The van der Waals surface area contributed by atoms with E-state index in [1.165, 1.54) is 0 Å². The van der Waals surface area contributed by atoms with Gasteiger partial charge in [-0.15, -0.1) is 0 Å². The highest BCUT2D eigenvalue weighted by Gasteiger charge is 2.21. The van der Waals surface area contributed by atoms with Crippen LogP contribution >= 0.6 is 0 Å². The first-order valence-corrected chi connectivity index (χ1v) is 7.49. The Morgan fingerprint density at radius 3 is 2.87 bits per heavy atom. The van der Waals surface area contributed by atoms with Gasteiger partial charge in [0.05, 0.1) is 18.0 Å². The highest BCUT2D eigenvalue weighted by molar-refractivity contribution is 5.94. The Kier molecular flexibility index (Phi) is 4.16. The molecule has 3 rings (SSSR count). The minimum Gasteiger partial charge on any atom is -0.468 e. The second-order valence-corrected chi connectivity index (χ2v) is 5.68. The van der Waals surface area contributed by atoms with Crippen molar-refractivity contribution in [1.29, 1.82) is 0 Å². The molecule has 0 bridgehead atoms. The van der Waals surface area contributed by atoms with E-state index in [9.17, 15) is 4.79 Å². The zero-order chi connectivity index (χ0) is 16.4. The molecule has 6 nitrogen and oxygen atoms in total. The molecule has 3 heterocycles. The molecule has 0 saturated heterocycles. The number of likely N-dealkylation sites (N-methyl/N-ethyl adjacent to an activating group) is 1. The summed E-state index contributed by atoms with van der Waals surface area (Å²) in [7, 11) is 3.91. The number of amides is 1. The summed E-state index contributed by atoms with van der Waals surface area (Å²) in [6, 6.07) is 9.42. The van der Waals surface area contributed by atoms with Crippen LogP contribution in [0.5, 0.6) is 0 Å². The van der Waals surface area contributed by atoms with Gasteiger partial charge in [0.2, 0.25) is 0 Å². The summed E-state index contributed by atoms with van der Waals surface area (Å²) in [5, 5.41) is 2.99. The van der Waals surface area contributed by atoms with E-state index in [0.717, 1.165) is 11.4 Å². The van der Waals surface area contributed by atoms with Gasteiger partial charge in [-0.3, -0.25) is 14.1 Å². The van der Waals surface area contributed by atoms with Crippen LogP contribution in [-0.2, 0) is 0 Å². The number of furan rings is 1. The molecule has 0 unspecified atom stereocenters. The van der Waals surface area contributed by atoms with Crippen molar-refractivity contribution in [2.75, 3.05) is 20.6 Å². The monoisotopic (exact) mass is 312 g/mol. The molecule has 3 aromatic rings. The number of nitrogens with zero attached hydrogens (tertiary/aromatic N) is 3. The Morgan fingerprint density at radius 2 is 2.17 bits per heavy atom. The van der Waals surface area contributed by atoms with Crippen LogP contribution in [0.15, 0.2) is 47.2 Å². The highest BCUT2D eigenvalue weighted by atomic mass is 16.3. The SMILES string of the molecule is Cc1nc2ccccn2c1C(=O)NC[C@H](c1ccco1)N(C)C. The van der Waals surface area contributed by atoms with Gasteiger partial charge in [-0.25, -0.2) is 4.98 Å². The Bertz CT molecular complexity index is 805. The zero-order valence-electron chi connectivity index (χ0n) is 13.5. The highest BCUT2D eigenvalue weighted by Crippen LogP contribution is 2.18. The molecule has 0 aromatic carbocycles. The molecule has 0 aliphatic heterocycles. The summed E-state index contributed by atoms with van der Waals surface area (Å²) in [6.07, 6.45) is 3.49. The van der Waals surface area contributed by atoms with Crippen LogP contribution in [0.2, 0.25) is 0 Å². The number of hydrogen-bond acceptors (Lipinski definition) is 4. The van der Waals surface area contributed by atoms with Crippen molar-refractivity contribution in [3.05, 3.63) is 59.9 Å². The third kappa shape index (κ3) is 2.98. The lowest BCUT2D eigenvalue weighted by atomic mass is 10.2. The molecule has 6 heteroatoms. The normalized spacial score (nSPS) is 12.7. The molecule has 1 N–H and O–H groups in total. The van der Waals surface area contributed by atoms with E-state index in [1.807, 2.05) is 66.8 Å². The van der Waals surface area contributed by atoms with Crippen LogP contribution in [0, 0.1) is 6.92 Å². The maximum absolute atomic E-state index is 12.6. The average Bonchev–Trinajstić information content (AvgIpc) is 3.13. The van der Waals surface area contributed by atoms with Gasteiger partial charge in [-0.2, -0.15) is 0 Å². The van der Waals surface area contributed by atoms with Crippen LogP contribution in [0.3, 0.4) is 0 Å². The zero-order valence-corrected chi connectivity index (χ0v) is 13.5. The number of nitrogens with one attached hydrogen (secondary N) is 1. The second-order valence-electron chi connectivity index (χ2n) is 5.68. The van der Waals surface area contributed by atoms with Gasteiger partial charge in [0.25, 0.3) is 5.91 Å². The Morgan fingerprint density at radius 1 is 1.35 bits per heavy atom. The molecule has 0 aliphatic rings. The van der Waals surface area contributed by atoms with Crippen molar-refractivity contribution in [3.63, 3.8) is 0 Å². The summed E-state index contributed by atoms with van der Waals surface area (Å²) in [5.74, 6) is 0.685. The maximum Gasteiger partial charge on any atom is 0.270 e. The number of aromatic nitrogens is 2. The van der Waals surface area contributed by atoms with E-state index < -0.39 is 0 Å². The van der Waals surface area contributed by atoms with Gasteiger partial charge in [-0.1, -0.05) is 6.07 Å². The third-order valence-corrected chi connectivity index (χ3v) is 3.87. The molecule has 1 amide bonds. The Balaban J connectivity index is 1.79. The van der Waals surface area contributed by atoms with E-state index in [-0.39, 0.29) is 11.9 Å². The predicted molar refractivity (Wildman–Crippen MR) is 87.4 cm³/mol. The number of fused-ring (bicyclic) bond motifs is 1. The summed E-state index contributed by atoms with van der Waals surface area (Å²) in [4.78, 5) is 19.0. The van der Waals surface area contributed by atoms with Crippen LogP contribution in [0.25, 0.3) is 5.65 Å². The first kappa shape index (κ1) is 15.3. The maximum atomic E-state index is 12.6. The largest absolute Gasteiger partial charge is 0.468 e. The standard InChI is InChI=1S/C17H20N4O2/c1-12-16(21-9-5-4-8-15(21)19-12)17(22)18-11-13(20(2)3)14-7-6-10-23-14/h4-10,13H,11H2,1-3H3,(H,18,22)/t13-/m1/s1. The molecule has 0 saturated carbocycles. The Hall–Kier alpha value is -2.60. The molecule has 0 aliphatic carbocycles. The van der Waals surface area contributed by atoms with E-state index in [0.29, 0.717) is 17.9 Å². The lowest BCUT2D eigenvalue weighted by Gasteiger charge is -2.22. The molecule has 0 radical (unpaired) electrons. The molecule has 1 atom stereocenters. The predicted octanol–water partition coefficient (Wildman–Crippen LogP) is 2.27. The molecular weight excluding hydrogens is 292 g/mol. The summed E-state index contributed by atoms with van der Waals surface area (Å²) in [5.41, 5.74) is 2.05. The van der Waals surface area contributed by atoms with Gasteiger partial charge in [0.1, 0.15) is 17.1 Å². The minimum atomic E-state index is -0.139. The number of carbonyl (C=O) groups is 1. The number of imidazole rings is 1. The second kappa shape index (κ2) is 6.26. The summed E-state index contributed by atoms with van der Waals surface area (Å²) in [6.45, 7) is 2.30. The van der Waals surface area contributed by atoms with Crippen molar-refractivity contribution in [3.8, 4) is 0 Å². The van der Waals surface area contributed by atoms with Gasteiger partial charge < -0.3 is 9.73 Å². The lowest BCUT2D eigenvalue weighted by Crippen LogP contribution is -2.35. The van der Waals surface area contributed by atoms with Crippen molar-refractivity contribution in [2.24, 2.45) is 0 Å². The van der Waals surface area contributed by atoms with E-state index in [1.54, 1.807) is 6.26 Å². The molecular formula is C17H20N4O2. The topological polar surface area (TPSA) is 62.8 Å². The van der Waals surface area contributed by atoms with Crippen molar-refractivity contribution >= 4 is 11.6 Å². The summed E-state index contributed by atoms with van der Waals surface area (Å²) < 4.78 is 7.27. The first-order valence-electron chi connectivity index (χ1n) is 7.49. The van der Waals surface area contributed by atoms with E-state index in [2.05, 4.69) is 10.3 Å². The van der Waals surface area contributed by atoms with Gasteiger partial charge in [0, 0.05) is 12.7 Å². The molecule has 0 fully saturated rings.